The van der Waals surface area contributed by atoms with Gasteiger partial charge in [-0.05, 0) is 43.7 Å². The van der Waals surface area contributed by atoms with E-state index in [2.05, 4.69) is 25.9 Å². The Morgan fingerprint density at radius 2 is 1.86 bits per heavy atom. The Morgan fingerprint density at radius 3 is 2.56 bits per heavy atom. The lowest BCUT2D eigenvalue weighted by Gasteiger charge is -2.23. The van der Waals surface area contributed by atoms with Crippen LogP contribution in [0.4, 0.5) is 5.82 Å². The molecule has 1 aromatic heterocycles. The molecule has 1 saturated heterocycles. The lowest BCUT2D eigenvalue weighted by atomic mass is 10.1. The Kier molecular flexibility index (Phi) is 7.96. The van der Waals surface area contributed by atoms with E-state index in [4.69, 9.17) is 15.2 Å². The van der Waals surface area contributed by atoms with Crippen molar-refractivity contribution in [3.05, 3.63) is 65.5 Å². The number of anilines is 1. The van der Waals surface area contributed by atoms with Crippen LogP contribution < -0.4 is 31.2 Å². The molecule has 10 heteroatoms. The molecule has 0 spiro atoms. The first-order valence-electron chi connectivity index (χ1n) is 11.7. The summed E-state index contributed by atoms with van der Waals surface area (Å²) in [4.78, 5) is 34.4. The van der Waals surface area contributed by atoms with E-state index in [1.54, 1.807) is 38.5 Å². The minimum absolute atomic E-state index is 0.0185. The fourth-order valence-electron chi connectivity index (χ4n) is 4.13. The Bertz CT molecular complexity index is 1220. The van der Waals surface area contributed by atoms with E-state index in [1.165, 1.54) is 6.20 Å². The SMILES string of the molecule is COc1cccc(OC)c1CNC(=O)c1cccc(-c2cnc(N)c(C(=O)NC3CCCNC3)n2)c1. The summed E-state index contributed by atoms with van der Waals surface area (Å²) in [6.45, 7) is 1.87. The average Bonchev–Trinajstić information content (AvgIpc) is 2.92. The number of rotatable bonds is 8. The van der Waals surface area contributed by atoms with Crippen molar-refractivity contribution >= 4 is 17.6 Å². The van der Waals surface area contributed by atoms with Crippen molar-refractivity contribution in [3.8, 4) is 22.8 Å². The first-order valence-corrected chi connectivity index (χ1v) is 11.7. The lowest BCUT2D eigenvalue weighted by molar-refractivity contribution is 0.0923. The van der Waals surface area contributed by atoms with Crippen LogP contribution in [0, 0.1) is 0 Å². The monoisotopic (exact) mass is 490 g/mol. The van der Waals surface area contributed by atoms with Crippen LogP contribution in [-0.4, -0.2) is 55.1 Å². The van der Waals surface area contributed by atoms with Crippen molar-refractivity contribution in [1.29, 1.82) is 0 Å². The number of nitrogens with zero attached hydrogens (tertiary/aromatic N) is 2. The largest absolute Gasteiger partial charge is 0.496 e. The average molecular weight is 491 g/mol. The van der Waals surface area contributed by atoms with Crippen molar-refractivity contribution in [2.24, 2.45) is 0 Å². The van der Waals surface area contributed by atoms with Gasteiger partial charge in [-0.1, -0.05) is 18.2 Å². The second kappa shape index (κ2) is 11.5. The van der Waals surface area contributed by atoms with Crippen molar-refractivity contribution in [2.45, 2.75) is 25.4 Å². The van der Waals surface area contributed by atoms with Gasteiger partial charge in [0.1, 0.15) is 11.5 Å². The third-order valence-electron chi connectivity index (χ3n) is 6.02. The van der Waals surface area contributed by atoms with Gasteiger partial charge in [-0.25, -0.2) is 9.97 Å². The summed E-state index contributed by atoms with van der Waals surface area (Å²) in [7, 11) is 3.13. The molecule has 1 unspecified atom stereocenters. The molecule has 36 heavy (non-hydrogen) atoms. The van der Waals surface area contributed by atoms with Crippen LogP contribution in [-0.2, 0) is 6.54 Å². The molecule has 0 bridgehead atoms. The summed E-state index contributed by atoms with van der Waals surface area (Å²) in [6, 6.07) is 12.4. The van der Waals surface area contributed by atoms with Gasteiger partial charge < -0.3 is 31.2 Å². The molecular formula is C26H30N6O4. The standard InChI is InChI=1S/C26H30N6O4/c1-35-21-9-4-10-22(36-2)19(21)14-30-25(33)17-7-3-6-16(12-17)20-15-29-24(27)23(32-20)26(34)31-18-8-5-11-28-13-18/h3-4,6-7,9-10,12,15,18,28H,5,8,11,13-14H2,1-2H3,(H2,27,29)(H,30,33)(H,31,34). The second-order valence-electron chi connectivity index (χ2n) is 8.41. The quantitative estimate of drug-likeness (QED) is 0.377. The van der Waals surface area contributed by atoms with Crippen LogP contribution in [0.3, 0.4) is 0 Å². The highest BCUT2D eigenvalue weighted by molar-refractivity contribution is 5.97. The van der Waals surface area contributed by atoms with Crippen molar-refractivity contribution in [3.63, 3.8) is 0 Å². The van der Waals surface area contributed by atoms with Gasteiger partial charge in [-0.3, -0.25) is 9.59 Å². The minimum Gasteiger partial charge on any atom is -0.496 e. The molecule has 2 heterocycles. The van der Waals surface area contributed by atoms with Gasteiger partial charge in [0.2, 0.25) is 0 Å². The van der Waals surface area contributed by atoms with Gasteiger partial charge in [0.25, 0.3) is 11.8 Å². The lowest BCUT2D eigenvalue weighted by Crippen LogP contribution is -2.46. The molecule has 1 atom stereocenters. The molecule has 0 saturated carbocycles. The number of amides is 2. The molecule has 2 aromatic carbocycles. The summed E-state index contributed by atoms with van der Waals surface area (Å²) in [5, 5.41) is 9.13. The van der Waals surface area contributed by atoms with Crippen LogP contribution in [0.15, 0.2) is 48.7 Å². The van der Waals surface area contributed by atoms with Gasteiger partial charge in [0, 0.05) is 23.7 Å². The summed E-state index contributed by atoms with van der Waals surface area (Å²) in [5.41, 5.74) is 8.27. The number of aromatic nitrogens is 2. The van der Waals surface area contributed by atoms with Gasteiger partial charge >= 0.3 is 0 Å². The highest BCUT2D eigenvalue weighted by Crippen LogP contribution is 2.28. The molecule has 0 aliphatic carbocycles. The van der Waals surface area contributed by atoms with Crippen LogP contribution in [0.25, 0.3) is 11.3 Å². The zero-order valence-electron chi connectivity index (χ0n) is 20.3. The third kappa shape index (κ3) is 5.72. The van der Waals surface area contributed by atoms with Crippen molar-refractivity contribution < 1.29 is 19.1 Å². The zero-order chi connectivity index (χ0) is 25.5. The van der Waals surface area contributed by atoms with Crippen molar-refractivity contribution in [2.75, 3.05) is 33.0 Å². The fourth-order valence-corrected chi connectivity index (χ4v) is 4.13. The third-order valence-corrected chi connectivity index (χ3v) is 6.02. The molecule has 0 radical (unpaired) electrons. The molecule has 3 aromatic rings. The second-order valence-corrected chi connectivity index (χ2v) is 8.41. The summed E-state index contributed by atoms with van der Waals surface area (Å²) >= 11 is 0. The van der Waals surface area contributed by atoms with E-state index >= 15 is 0 Å². The van der Waals surface area contributed by atoms with Gasteiger partial charge in [-0.15, -0.1) is 0 Å². The number of methoxy groups -OCH3 is 2. The Hall–Kier alpha value is -4.18. The molecule has 1 fully saturated rings. The zero-order valence-corrected chi connectivity index (χ0v) is 20.3. The molecule has 10 nitrogen and oxygen atoms in total. The Balaban J connectivity index is 1.50. The van der Waals surface area contributed by atoms with Crippen LogP contribution in [0.2, 0.25) is 0 Å². The number of nitrogens with one attached hydrogen (secondary N) is 3. The number of carbonyl (C=O) groups excluding carboxylic acids is 2. The van der Waals surface area contributed by atoms with Gasteiger partial charge in [-0.2, -0.15) is 0 Å². The van der Waals surface area contributed by atoms with E-state index in [9.17, 15) is 9.59 Å². The maximum Gasteiger partial charge on any atom is 0.274 e. The number of carbonyl (C=O) groups is 2. The molecule has 4 rings (SSSR count). The van der Waals surface area contributed by atoms with E-state index in [-0.39, 0.29) is 35.9 Å². The predicted molar refractivity (Wildman–Crippen MR) is 136 cm³/mol. The number of nitrogen functional groups attached to an aromatic ring is 1. The highest BCUT2D eigenvalue weighted by Gasteiger charge is 2.20. The Morgan fingerprint density at radius 1 is 1.11 bits per heavy atom. The van der Waals surface area contributed by atoms with E-state index in [1.807, 2.05) is 18.2 Å². The number of hydrogen-bond donors (Lipinski definition) is 4. The fraction of sp³-hybridized carbons (Fsp3) is 0.308. The maximum absolute atomic E-state index is 12.9. The number of hydrogen-bond acceptors (Lipinski definition) is 8. The van der Waals surface area contributed by atoms with Crippen LogP contribution in [0.1, 0.15) is 39.3 Å². The van der Waals surface area contributed by atoms with E-state index < -0.39 is 0 Å². The molecule has 2 amide bonds. The van der Waals surface area contributed by atoms with Crippen LogP contribution >= 0.6 is 0 Å². The first-order chi connectivity index (χ1) is 17.5. The molecule has 5 N–H and O–H groups in total. The minimum atomic E-state index is -0.366. The summed E-state index contributed by atoms with van der Waals surface area (Å²) in [5.74, 6) is 0.650. The first kappa shape index (κ1) is 24.9. The molecule has 1 aliphatic rings. The predicted octanol–water partition coefficient (Wildman–Crippen LogP) is 2.15. The normalized spacial score (nSPS) is 15.1. The number of benzene rings is 2. The highest BCUT2D eigenvalue weighted by atomic mass is 16.5. The topological polar surface area (TPSA) is 140 Å². The summed E-state index contributed by atoms with van der Waals surface area (Å²) in [6.07, 6.45) is 3.37. The van der Waals surface area contributed by atoms with Gasteiger partial charge in [0.15, 0.2) is 11.5 Å². The molecule has 188 valence electrons. The summed E-state index contributed by atoms with van der Waals surface area (Å²) < 4.78 is 10.8. The van der Waals surface area contributed by atoms with E-state index in [0.29, 0.717) is 34.9 Å². The molecular weight excluding hydrogens is 460 g/mol. The van der Waals surface area contributed by atoms with Crippen LogP contribution in [0.5, 0.6) is 11.5 Å². The Labute approximate surface area is 209 Å². The van der Waals surface area contributed by atoms with Gasteiger partial charge in [0.05, 0.1) is 38.2 Å². The maximum atomic E-state index is 12.9. The number of piperidine rings is 1. The van der Waals surface area contributed by atoms with Crippen molar-refractivity contribution in [1.82, 2.24) is 25.9 Å². The number of nitrogens with two attached hydrogens (primary N) is 1. The number of ether oxygens (including phenoxy) is 2. The molecule has 1 aliphatic heterocycles. The van der Waals surface area contributed by atoms with E-state index in [0.717, 1.165) is 24.9 Å². The smallest absolute Gasteiger partial charge is 0.274 e.